The summed E-state index contributed by atoms with van der Waals surface area (Å²) >= 11 is 0. The van der Waals surface area contributed by atoms with Crippen LogP contribution in [0.15, 0.2) is 18.3 Å². The summed E-state index contributed by atoms with van der Waals surface area (Å²) in [4.78, 5) is 18.1. The van der Waals surface area contributed by atoms with Crippen molar-refractivity contribution in [2.45, 2.75) is 13.8 Å². The second kappa shape index (κ2) is 3.10. The first-order valence-electron chi connectivity index (χ1n) is 5.28. The summed E-state index contributed by atoms with van der Waals surface area (Å²) in [5, 5.41) is 8.90. The van der Waals surface area contributed by atoms with E-state index >= 15 is 0 Å². The van der Waals surface area contributed by atoms with Crippen LogP contribution in [0.25, 0.3) is 16.8 Å². The fourth-order valence-corrected chi connectivity index (χ4v) is 2.01. The Hall–Kier alpha value is -2.30. The minimum Gasteiger partial charge on any atom is -0.477 e. The molecule has 0 aliphatic heterocycles. The van der Waals surface area contributed by atoms with E-state index in [2.05, 4.69) is 9.97 Å². The first-order valence-corrected chi connectivity index (χ1v) is 5.28. The molecule has 0 unspecified atom stereocenters. The number of aromatic nitrogens is 3. The van der Waals surface area contributed by atoms with Crippen molar-refractivity contribution in [3.63, 3.8) is 0 Å². The Bertz CT molecular complexity index is 752. The summed E-state index contributed by atoms with van der Waals surface area (Å²) < 4.78 is 1.77. The van der Waals surface area contributed by atoms with Gasteiger partial charge in [-0.1, -0.05) is 6.07 Å². The Morgan fingerprint density at radius 1 is 1.41 bits per heavy atom. The van der Waals surface area contributed by atoms with Gasteiger partial charge >= 0.3 is 5.97 Å². The molecule has 0 aliphatic rings. The van der Waals surface area contributed by atoms with Gasteiger partial charge in [-0.15, -0.1) is 0 Å². The van der Waals surface area contributed by atoms with E-state index in [1.807, 2.05) is 26.0 Å². The lowest BCUT2D eigenvalue weighted by molar-refractivity contribution is 0.0691. The molecule has 3 rings (SSSR count). The molecule has 5 nitrogen and oxygen atoms in total. The van der Waals surface area contributed by atoms with E-state index < -0.39 is 5.97 Å². The monoisotopic (exact) mass is 229 g/mol. The van der Waals surface area contributed by atoms with E-state index in [1.165, 1.54) is 5.56 Å². The molecular weight excluding hydrogens is 218 g/mol. The maximum Gasteiger partial charge on any atom is 0.353 e. The van der Waals surface area contributed by atoms with Crippen molar-refractivity contribution in [1.82, 2.24) is 14.4 Å². The third kappa shape index (κ3) is 1.25. The highest BCUT2D eigenvalue weighted by atomic mass is 16.4. The van der Waals surface area contributed by atoms with Crippen LogP contribution in [-0.2, 0) is 0 Å². The van der Waals surface area contributed by atoms with Crippen LogP contribution in [0.3, 0.4) is 0 Å². The zero-order valence-electron chi connectivity index (χ0n) is 9.48. The van der Waals surface area contributed by atoms with Crippen molar-refractivity contribution < 1.29 is 9.90 Å². The van der Waals surface area contributed by atoms with E-state index in [4.69, 9.17) is 5.11 Å². The molecule has 86 valence electrons. The fourth-order valence-electron chi connectivity index (χ4n) is 2.01. The summed E-state index contributed by atoms with van der Waals surface area (Å²) in [7, 11) is 0. The molecule has 2 N–H and O–H groups in total. The highest BCUT2D eigenvalue weighted by Gasteiger charge is 2.13. The fraction of sp³-hybridized carbons (Fsp3) is 0.167. The van der Waals surface area contributed by atoms with Gasteiger partial charge < -0.3 is 10.1 Å². The standard InChI is InChI=1S/C12H11N3O2/c1-6-3-4-9-10(7(6)2)14-12-13-8(11(16)17)5-15(9)12/h3-5H,1-2H3,(H,13,14)(H,16,17). The first-order chi connectivity index (χ1) is 8.08. The molecule has 0 aliphatic carbocycles. The molecule has 0 atom stereocenters. The number of nitrogens with zero attached hydrogens (tertiary/aromatic N) is 2. The molecule has 3 aromatic rings. The van der Waals surface area contributed by atoms with Crippen LogP contribution in [0.2, 0.25) is 0 Å². The second-order valence-corrected chi connectivity index (χ2v) is 4.15. The minimum absolute atomic E-state index is 0.146. The Labute approximate surface area is 96.7 Å². The van der Waals surface area contributed by atoms with Crippen LogP contribution >= 0.6 is 0 Å². The third-order valence-corrected chi connectivity index (χ3v) is 3.12. The normalized spacial score (nSPS) is 11.4. The summed E-state index contributed by atoms with van der Waals surface area (Å²) in [6.45, 7) is 4.05. The van der Waals surface area contributed by atoms with Gasteiger partial charge in [0.25, 0.3) is 0 Å². The van der Waals surface area contributed by atoms with Gasteiger partial charge in [0.1, 0.15) is 5.69 Å². The number of carboxylic acids is 1. The van der Waals surface area contributed by atoms with E-state index in [0.717, 1.165) is 16.6 Å². The number of H-pyrrole nitrogens is 1. The quantitative estimate of drug-likeness (QED) is 0.671. The zero-order chi connectivity index (χ0) is 12.2. The predicted molar refractivity (Wildman–Crippen MR) is 63.5 cm³/mol. The number of fused-ring (bicyclic) bond motifs is 3. The number of aryl methyl sites for hydroxylation is 2. The second-order valence-electron chi connectivity index (χ2n) is 4.15. The molecule has 0 saturated carbocycles. The minimum atomic E-state index is -0.979. The lowest BCUT2D eigenvalue weighted by Gasteiger charge is -1.99. The largest absolute Gasteiger partial charge is 0.477 e. The summed E-state index contributed by atoms with van der Waals surface area (Å²) in [6, 6.07) is 3.97. The number of imidazole rings is 2. The van der Waals surface area contributed by atoms with Gasteiger partial charge in [-0.05, 0) is 31.0 Å². The number of benzene rings is 1. The number of carbonyl (C=O) groups is 1. The van der Waals surface area contributed by atoms with Gasteiger partial charge in [0, 0.05) is 6.20 Å². The van der Waals surface area contributed by atoms with E-state index in [-0.39, 0.29) is 5.69 Å². The SMILES string of the molecule is Cc1ccc2c(nc3[nH]c(C(=O)O)cn32)c1C. The van der Waals surface area contributed by atoms with Gasteiger partial charge in [0.2, 0.25) is 5.78 Å². The number of carboxylic acid groups (broad SMARTS) is 1. The maximum absolute atomic E-state index is 10.9. The molecule has 2 heterocycles. The van der Waals surface area contributed by atoms with Crippen LogP contribution < -0.4 is 0 Å². The van der Waals surface area contributed by atoms with Crippen molar-refractivity contribution in [3.05, 3.63) is 35.2 Å². The van der Waals surface area contributed by atoms with Crippen molar-refractivity contribution >= 4 is 22.8 Å². The average Bonchev–Trinajstić information content (AvgIpc) is 2.81. The first kappa shape index (κ1) is 9.89. The van der Waals surface area contributed by atoms with Gasteiger partial charge in [0.15, 0.2) is 0 Å². The van der Waals surface area contributed by atoms with Crippen LogP contribution in [0.5, 0.6) is 0 Å². The molecular formula is C12H11N3O2. The van der Waals surface area contributed by atoms with Crippen molar-refractivity contribution in [3.8, 4) is 0 Å². The maximum atomic E-state index is 10.9. The smallest absolute Gasteiger partial charge is 0.353 e. The topological polar surface area (TPSA) is 70.4 Å². The van der Waals surface area contributed by atoms with Crippen molar-refractivity contribution in [2.24, 2.45) is 0 Å². The third-order valence-electron chi connectivity index (χ3n) is 3.12. The molecule has 17 heavy (non-hydrogen) atoms. The van der Waals surface area contributed by atoms with E-state index in [0.29, 0.717) is 5.78 Å². The summed E-state index contributed by atoms with van der Waals surface area (Å²) in [5.41, 5.74) is 4.28. The molecule has 0 fully saturated rings. The molecule has 0 amide bonds. The number of rotatable bonds is 1. The summed E-state index contributed by atoms with van der Waals surface area (Å²) in [5.74, 6) is -0.418. The van der Waals surface area contributed by atoms with Gasteiger partial charge in [-0.25, -0.2) is 9.78 Å². The lowest BCUT2D eigenvalue weighted by atomic mass is 10.1. The molecule has 2 aromatic heterocycles. The Morgan fingerprint density at radius 2 is 2.18 bits per heavy atom. The Balaban J connectivity index is 2.42. The molecule has 5 heteroatoms. The van der Waals surface area contributed by atoms with Crippen LogP contribution in [0.4, 0.5) is 0 Å². The van der Waals surface area contributed by atoms with Crippen molar-refractivity contribution in [2.75, 3.05) is 0 Å². The Kier molecular flexibility index (Phi) is 1.80. The molecule has 0 spiro atoms. The molecule has 0 radical (unpaired) electrons. The van der Waals surface area contributed by atoms with Crippen LogP contribution in [-0.4, -0.2) is 25.4 Å². The Morgan fingerprint density at radius 3 is 2.88 bits per heavy atom. The van der Waals surface area contributed by atoms with E-state index in [9.17, 15) is 4.79 Å². The summed E-state index contributed by atoms with van der Waals surface area (Å²) in [6.07, 6.45) is 1.56. The number of aromatic amines is 1. The van der Waals surface area contributed by atoms with Gasteiger partial charge in [0.05, 0.1) is 11.0 Å². The zero-order valence-corrected chi connectivity index (χ0v) is 9.48. The molecule has 1 aromatic carbocycles. The van der Waals surface area contributed by atoms with Crippen molar-refractivity contribution in [1.29, 1.82) is 0 Å². The molecule has 0 bridgehead atoms. The highest BCUT2D eigenvalue weighted by molar-refractivity contribution is 5.89. The van der Waals surface area contributed by atoms with Crippen LogP contribution in [0.1, 0.15) is 21.6 Å². The number of hydrogen-bond acceptors (Lipinski definition) is 2. The number of nitrogens with one attached hydrogen (secondary N) is 1. The van der Waals surface area contributed by atoms with Crippen LogP contribution in [0, 0.1) is 13.8 Å². The van der Waals surface area contributed by atoms with E-state index in [1.54, 1.807) is 10.6 Å². The lowest BCUT2D eigenvalue weighted by Crippen LogP contribution is -1.95. The number of hydrogen-bond donors (Lipinski definition) is 2. The molecule has 0 saturated heterocycles. The van der Waals surface area contributed by atoms with Gasteiger partial charge in [-0.2, -0.15) is 0 Å². The van der Waals surface area contributed by atoms with Gasteiger partial charge in [-0.3, -0.25) is 4.40 Å². The highest BCUT2D eigenvalue weighted by Crippen LogP contribution is 2.22. The predicted octanol–water partition coefficient (Wildman–Crippen LogP) is 2.13. The average molecular weight is 229 g/mol. The number of aromatic carboxylic acids is 1.